The van der Waals surface area contributed by atoms with Crippen LogP contribution in [0.4, 0.5) is 4.39 Å². The molecule has 1 heterocycles. The summed E-state index contributed by atoms with van der Waals surface area (Å²) in [5.74, 6) is 1.22. The molecule has 0 spiro atoms. The zero-order chi connectivity index (χ0) is 20.6. The molecule has 0 aliphatic rings. The molecule has 3 rings (SSSR count). The molecule has 0 atom stereocenters. The number of halogens is 2. The highest BCUT2D eigenvalue weighted by molar-refractivity contribution is 6.30. The number of hydrogen-bond donors (Lipinski definition) is 0. The second-order valence-corrected chi connectivity index (χ2v) is 6.93. The van der Waals surface area contributed by atoms with E-state index in [0.717, 1.165) is 0 Å². The predicted octanol–water partition coefficient (Wildman–Crippen LogP) is 4.39. The van der Waals surface area contributed by atoms with Gasteiger partial charge in [-0.15, -0.1) is 0 Å². The maximum Gasteiger partial charge on any atom is 0.226 e. The smallest absolute Gasteiger partial charge is 0.226 e. The molecule has 0 N–H and O–H groups in total. The van der Waals surface area contributed by atoms with E-state index in [0.29, 0.717) is 60.5 Å². The molecule has 0 unspecified atom stereocenters. The normalized spacial score (nSPS) is 10.7. The first kappa shape index (κ1) is 20.8. The van der Waals surface area contributed by atoms with E-state index in [1.165, 1.54) is 12.1 Å². The average Bonchev–Trinajstić information content (AvgIpc) is 3.17. The number of aromatic nitrogens is 2. The van der Waals surface area contributed by atoms with Gasteiger partial charge in [0.15, 0.2) is 0 Å². The summed E-state index contributed by atoms with van der Waals surface area (Å²) >= 11 is 5.91. The van der Waals surface area contributed by atoms with Gasteiger partial charge in [0.1, 0.15) is 18.2 Å². The molecule has 0 fully saturated rings. The fourth-order valence-electron chi connectivity index (χ4n) is 2.64. The Bertz CT molecular complexity index is 946. The van der Waals surface area contributed by atoms with Crippen LogP contribution in [0.3, 0.4) is 0 Å². The first-order valence-corrected chi connectivity index (χ1v) is 9.60. The molecule has 0 radical (unpaired) electrons. The second kappa shape index (κ2) is 10.0. The van der Waals surface area contributed by atoms with Crippen molar-refractivity contribution in [2.75, 3.05) is 20.2 Å². The Morgan fingerprint density at radius 3 is 2.79 bits per heavy atom. The molecule has 0 bridgehead atoms. The van der Waals surface area contributed by atoms with Gasteiger partial charge in [-0.3, -0.25) is 4.79 Å². The number of likely N-dealkylation sites (N-methyl/N-ethyl adjacent to an activating group) is 1. The molecule has 1 amide bonds. The zero-order valence-electron chi connectivity index (χ0n) is 16.0. The number of benzene rings is 2. The van der Waals surface area contributed by atoms with Crippen molar-refractivity contribution in [3.05, 3.63) is 65.3 Å². The lowest BCUT2D eigenvalue weighted by molar-refractivity contribution is -0.130. The molecule has 6 nitrogen and oxygen atoms in total. The largest absolute Gasteiger partial charge is 0.492 e. The van der Waals surface area contributed by atoms with Gasteiger partial charge in [0.2, 0.25) is 17.6 Å². The Balaban J connectivity index is 1.38. The van der Waals surface area contributed by atoms with Crippen LogP contribution in [0.15, 0.2) is 53.1 Å². The topological polar surface area (TPSA) is 68.5 Å². The molecule has 2 aromatic carbocycles. The van der Waals surface area contributed by atoms with Gasteiger partial charge in [-0.25, -0.2) is 4.39 Å². The standard InChI is InChI=1S/C21H21ClFN3O3/c1-26(12-13-28-18-5-2-4-16(22)14-18)20(27)7-3-6-19-24-21(25-29-19)15-8-10-17(23)11-9-15/h2,4-5,8-11,14H,3,6-7,12-13H2,1H3. The number of carbonyl (C=O) groups excluding carboxylic acids is 1. The van der Waals surface area contributed by atoms with Gasteiger partial charge >= 0.3 is 0 Å². The van der Waals surface area contributed by atoms with Crippen LogP contribution >= 0.6 is 11.6 Å². The lowest BCUT2D eigenvalue weighted by Crippen LogP contribution is -2.30. The van der Waals surface area contributed by atoms with Crippen LogP contribution in [0.2, 0.25) is 5.02 Å². The number of ether oxygens (including phenoxy) is 1. The lowest BCUT2D eigenvalue weighted by atomic mass is 10.2. The van der Waals surface area contributed by atoms with E-state index >= 15 is 0 Å². The maximum absolute atomic E-state index is 13.0. The molecule has 0 aliphatic heterocycles. The molecule has 0 aliphatic carbocycles. The van der Waals surface area contributed by atoms with Crippen LogP contribution < -0.4 is 4.74 Å². The third kappa shape index (κ3) is 6.29. The van der Waals surface area contributed by atoms with Crippen molar-refractivity contribution in [2.45, 2.75) is 19.3 Å². The SMILES string of the molecule is CN(CCOc1cccc(Cl)c1)C(=O)CCCc1nc(-c2ccc(F)cc2)no1. The number of nitrogens with zero attached hydrogens (tertiary/aromatic N) is 3. The highest BCUT2D eigenvalue weighted by Crippen LogP contribution is 2.18. The van der Waals surface area contributed by atoms with E-state index in [-0.39, 0.29) is 11.7 Å². The van der Waals surface area contributed by atoms with Crippen LogP contribution in [0.1, 0.15) is 18.7 Å². The van der Waals surface area contributed by atoms with Gasteiger partial charge in [-0.1, -0.05) is 22.8 Å². The molecule has 0 saturated heterocycles. The molecular formula is C21H21ClFN3O3. The molecule has 8 heteroatoms. The number of rotatable bonds is 9. The quantitative estimate of drug-likeness (QED) is 0.516. The van der Waals surface area contributed by atoms with Crippen LogP contribution in [0.25, 0.3) is 11.4 Å². The second-order valence-electron chi connectivity index (χ2n) is 6.49. The Morgan fingerprint density at radius 2 is 2.03 bits per heavy atom. The van der Waals surface area contributed by atoms with E-state index < -0.39 is 0 Å². The lowest BCUT2D eigenvalue weighted by Gasteiger charge is -2.17. The van der Waals surface area contributed by atoms with E-state index in [1.54, 1.807) is 36.2 Å². The summed E-state index contributed by atoms with van der Waals surface area (Å²) in [5, 5.41) is 4.50. The van der Waals surface area contributed by atoms with E-state index in [2.05, 4.69) is 10.1 Å². The van der Waals surface area contributed by atoms with Crippen LogP contribution in [-0.2, 0) is 11.2 Å². The summed E-state index contributed by atoms with van der Waals surface area (Å²) in [6, 6.07) is 13.0. The average molecular weight is 418 g/mol. The van der Waals surface area contributed by atoms with Crippen molar-refractivity contribution in [1.82, 2.24) is 15.0 Å². The summed E-state index contributed by atoms with van der Waals surface area (Å²) in [6.07, 6.45) is 1.44. The highest BCUT2D eigenvalue weighted by atomic mass is 35.5. The maximum atomic E-state index is 13.0. The van der Waals surface area contributed by atoms with Gasteiger partial charge in [0, 0.05) is 30.5 Å². The Kier molecular flexibility index (Phi) is 7.19. The van der Waals surface area contributed by atoms with Crippen molar-refractivity contribution in [1.29, 1.82) is 0 Å². The van der Waals surface area contributed by atoms with Gasteiger partial charge in [0.25, 0.3) is 0 Å². The summed E-state index contributed by atoms with van der Waals surface area (Å²) in [7, 11) is 1.74. The first-order valence-electron chi connectivity index (χ1n) is 9.22. The van der Waals surface area contributed by atoms with Crippen LogP contribution in [0.5, 0.6) is 5.75 Å². The molecule has 29 heavy (non-hydrogen) atoms. The van der Waals surface area contributed by atoms with Crippen molar-refractivity contribution in [3.63, 3.8) is 0 Å². The highest BCUT2D eigenvalue weighted by Gasteiger charge is 2.12. The van der Waals surface area contributed by atoms with Gasteiger partial charge < -0.3 is 14.2 Å². The monoisotopic (exact) mass is 417 g/mol. The number of aryl methyl sites for hydroxylation is 1. The van der Waals surface area contributed by atoms with Crippen LogP contribution in [-0.4, -0.2) is 41.1 Å². The minimum atomic E-state index is -0.321. The Hall–Kier alpha value is -2.93. The van der Waals surface area contributed by atoms with Crippen molar-refractivity contribution < 1.29 is 18.4 Å². The fourth-order valence-corrected chi connectivity index (χ4v) is 2.82. The van der Waals surface area contributed by atoms with Crippen molar-refractivity contribution in [3.8, 4) is 17.1 Å². The summed E-state index contributed by atoms with van der Waals surface area (Å²) < 4.78 is 23.8. The van der Waals surface area contributed by atoms with E-state index in [4.69, 9.17) is 20.9 Å². The molecule has 1 aromatic heterocycles. The van der Waals surface area contributed by atoms with Gasteiger partial charge in [-0.05, 0) is 48.9 Å². The molecular weight excluding hydrogens is 397 g/mol. The van der Waals surface area contributed by atoms with Crippen molar-refractivity contribution >= 4 is 17.5 Å². The first-order chi connectivity index (χ1) is 14.0. The minimum Gasteiger partial charge on any atom is -0.492 e. The Labute approximate surface area is 173 Å². The molecule has 3 aromatic rings. The number of hydrogen-bond acceptors (Lipinski definition) is 5. The molecule has 0 saturated carbocycles. The van der Waals surface area contributed by atoms with Crippen molar-refractivity contribution in [2.24, 2.45) is 0 Å². The molecule has 152 valence electrons. The fraction of sp³-hybridized carbons (Fsp3) is 0.286. The van der Waals surface area contributed by atoms with Gasteiger partial charge in [-0.2, -0.15) is 4.98 Å². The summed E-state index contributed by atoms with van der Waals surface area (Å²) in [6.45, 7) is 0.855. The number of amides is 1. The number of carbonyl (C=O) groups is 1. The summed E-state index contributed by atoms with van der Waals surface area (Å²) in [4.78, 5) is 18.1. The van der Waals surface area contributed by atoms with E-state index in [1.807, 2.05) is 12.1 Å². The van der Waals surface area contributed by atoms with E-state index in [9.17, 15) is 9.18 Å². The third-order valence-electron chi connectivity index (χ3n) is 4.27. The van der Waals surface area contributed by atoms with Gasteiger partial charge in [0.05, 0.1) is 6.54 Å². The predicted molar refractivity (Wildman–Crippen MR) is 107 cm³/mol. The zero-order valence-corrected chi connectivity index (χ0v) is 16.7. The third-order valence-corrected chi connectivity index (χ3v) is 4.50. The minimum absolute atomic E-state index is 0.0120. The Morgan fingerprint density at radius 1 is 1.24 bits per heavy atom. The van der Waals surface area contributed by atoms with Crippen LogP contribution in [0, 0.1) is 5.82 Å². The summed E-state index contributed by atoms with van der Waals surface area (Å²) in [5.41, 5.74) is 0.678.